The third-order valence-electron chi connectivity index (χ3n) is 5.42. The summed E-state index contributed by atoms with van der Waals surface area (Å²) in [4.78, 5) is 0. The van der Waals surface area contributed by atoms with Crippen LogP contribution in [0.2, 0.25) is 0 Å². The van der Waals surface area contributed by atoms with Crippen LogP contribution in [0.3, 0.4) is 0 Å². The van der Waals surface area contributed by atoms with Crippen LogP contribution in [-0.4, -0.2) is 25.9 Å². The van der Waals surface area contributed by atoms with Crippen molar-refractivity contribution in [2.24, 2.45) is 11.8 Å². The van der Waals surface area contributed by atoms with Gasteiger partial charge >= 0.3 is 0 Å². The third kappa shape index (κ3) is 2.19. The molecule has 2 fully saturated rings. The van der Waals surface area contributed by atoms with Gasteiger partial charge in [0.25, 0.3) is 0 Å². The van der Waals surface area contributed by atoms with E-state index >= 15 is 0 Å². The second kappa shape index (κ2) is 5.05. The van der Waals surface area contributed by atoms with Crippen molar-refractivity contribution in [1.29, 1.82) is 0 Å². The molecule has 116 valence electrons. The van der Waals surface area contributed by atoms with Crippen LogP contribution in [0.4, 0.5) is 5.69 Å². The van der Waals surface area contributed by atoms with Crippen molar-refractivity contribution in [3.63, 3.8) is 0 Å². The number of fused-ring (bicyclic) bond motifs is 3. The van der Waals surface area contributed by atoms with E-state index in [-0.39, 0.29) is 0 Å². The van der Waals surface area contributed by atoms with E-state index < -0.39 is 0 Å². The summed E-state index contributed by atoms with van der Waals surface area (Å²) >= 11 is 0. The number of benzene rings is 1. The lowest BCUT2D eigenvalue weighted by Crippen LogP contribution is -2.26. The van der Waals surface area contributed by atoms with E-state index in [4.69, 9.17) is 0 Å². The standard InChI is InChI=1S/C18H19N5/c1-2-4-13(5-3-1)16-10-17(18-21-19-11-23(18)22-16)20-15-9-12-6-7-14(15)8-12/h1-5,10-12,14-15,20H,6-9H2/t12-,14+,15-/m1/s1. The molecule has 3 atom stereocenters. The van der Waals surface area contributed by atoms with Crippen molar-refractivity contribution in [2.45, 2.75) is 31.7 Å². The highest BCUT2D eigenvalue weighted by Crippen LogP contribution is 2.45. The molecule has 5 nitrogen and oxygen atoms in total. The molecule has 2 heterocycles. The summed E-state index contributed by atoms with van der Waals surface area (Å²) in [6, 6.07) is 13.0. The first-order valence-corrected chi connectivity index (χ1v) is 8.40. The molecule has 0 saturated heterocycles. The number of nitrogens with one attached hydrogen (secondary N) is 1. The number of anilines is 1. The highest BCUT2D eigenvalue weighted by atomic mass is 15.3. The van der Waals surface area contributed by atoms with Crippen molar-refractivity contribution in [3.8, 4) is 11.3 Å². The van der Waals surface area contributed by atoms with Crippen LogP contribution >= 0.6 is 0 Å². The number of rotatable bonds is 3. The van der Waals surface area contributed by atoms with Gasteiger partial charge in [0.05, 0.1) is 11.4 Å². The minimum absolute atomic E-state index is 0.570. The Morgan fingerprint density at radius 3 is 2.78 bits per heavy atom. The van der Waals surface area contributed by atoms with Crippen LogP contribution in [0.15, 0.2) is 42.7 Å². The van der Waals surface area contributed by atoms with Crippen molar-refractivity contribution < 1.29 is 0 Å². The van der Waals surface area contributed by atoms with Gasteiger partial charge in [0.1, 0.15) is 6.33 Å². The fraction of sp³-hybridized carbons (Fsp3) is 0.389. The van der Waals surface area contributed by atoms with Crippen molar-refractivity contribution in [1.82, 2.24) is 19.8 Å². The Morgan fingerprint density at radius 2 is 2.00 bits per heavy atom. The van der Waals surface area contributed by atoms with Crippen LogP contribution in [-0.2, 0) is 0 Å². The monoisotopic (exact) mass is 305 g/mol. The van der Waals surface area contributed by atoms with Gasteiger partial charge in [-0.2, -0.15) is 9.61 Å². The van der Waals surface area contributed by atoms with E-state index in [1.807, 2.05) is 18.2 Å². The lowest BCUT2D eigenvalue weighted by atomic mass is 9.95. The summed E-state index contributed by atoms with van der Waals surface area (Å²) in [5, 5.41) is 16.7. The Kier molecular flexibility index (Phi) is 2.86. The Morgan fingerprint density at radius 1 is 1.09 bits per heavy atom. The van der Waals surface area contributed by atoms with E-state index in [1.54, 1.807) is 10.8 Å². The third-order valence-corrected chi connectivity index (χ3v) is 5.42. The fourth-order valence-electron chi connectivity index (χ4n) is 4.30. The first-order valence-electron chi connectivity index (χ1n) is 8.40. The van der Waals surface area contributed by atoms with Crippen molar-refractivity contribution in [3.05, 3.63) is 42.7 Å². The molecule has 1 N–H and O–H groups in total. The molecule has 2 bridgehead atoms. The molecule has 2 saturated carbocycles. The molecule has 1 aromatic carbocycles. The molecule has 0 radical (unpaired) electrons. The first kappa shape index (κ1) is 13.0. The van der Waals surface area contributed by atoms with Crippen LogP contribution in [0, 0.1) is 11.8 Å². The zero-order chi connectivity index (χ0) is 15.2. The topological polar surface area (TPSA) is 55.1 Å². The van der Waals surface area contributed by atoms with Crippen LogP contribution in [0.25, 0.3) is 16.9 Å². The molecule has 2 aliphatic carbocycles. The van der Waals surface area contributed by atoms with E-state index in [9.17, 15) is 0 Å². The van der Waals surface area contributed by atoms with Crippen LogP contribution < -0.4 is 5.32 Å². The quantitative estimate of drug-likeness (QED) is 0.806. The number of hydrogen-bond donors (Lipinski definition) is 1. The fourth-order valence-corrected chi connectivity index (χ4v) is 4.30. The average Bonchev–Trinajstić information content (AvgIpc) is 3.32. The maximum atomic E-state index is 4.64. The van der Waals surface area contributed by atoms with Gasteiger partial charge in [0, 0.05) is 11.6 Å². The molecule has 2 aromatic heterocycles. The van der Waals surface area contributed by atoms with Gasteiger partial charge < -0.3 is 5.32 Å². The van der Waals surface area contributed by atoms with Gasteiger partial charge in [0.15, 0.2) is 0 Å². The Hall–Kier alpha value is -2.43. The lowest BCUT2D eigenvalue weighted by Gasteiger charge is -2.24. The molecule has 0 amide bonds. The molecule has 5 rings (SSSR count). The zero-order valence-corrected chi connectivity index (χ0v) is 12.9. The van der Waals surface area contributed by atoms with Crippen molar-refractivity contribution in [2.75, 3.05) is 5.32 Å². The van der Waals surface area contributed by atoms with Crippen LogP contribution in [0.5, 0.6) is 0 Å². The molecule has 2 aliphatic rings. The Bertz CT molecular complexity index is 841. The Balaban J connectivity index is 1.55. The van der Waals surface area contributed by atoms with E-state index in [0.29, 0.717) is 6.04 Å². The highest BCUT2D eigenvalue weighted by molar-refractivity contribution is 5.73. The molecule has 5 heteroatoms. The lowest BCUT2D eigenvalue weighted by molar-refractivity contribution is 0.440. The molecular weight excluding hydrogens is 286 g/mol. The molecule has 0 aliphatic heterocycles. The summed E-state index contributed by atoms with van der Waals surface area (Å²) < 4.78 is 1.78. The molecule has 23 heavy (non-hydrogen) atoms. The second-order valence-corrected chi connectivity index (χ2v) is 6.83. The summed E-state index contributed by atoms with van der Waals surface area (Å²) in [7, 11) is 0. The predicted molar refractivity (Wildman–Crippen MR) is 89.1 cm³/mol. The van der Waals surface area contributed by atoms with E-state index in [2.05, 4.69) is 38.8 Å². The maximum Gasteiger partial charge on any atom is 0.200 e. The first-order chi connectivity index (χ1) is 11.4. The van der Waals surface area contributed by atoms with Gasteiger partial charge in [-0.1, -0.05) is 36.8 Å². The van der Waals surface area contributed by atoms with E-state index in [1.165, 1.54) is 25.7 Å². The molecule has 0 unspecified atom stereocenters. The van der Waals surface area contributed by atoms with Crippen LogP contribution in [0.1, 0.15) is 25.7 Å². The number of aromatic nitrogens is 4. The van der Waals surface area contributed by atoms with E-state index in [0.717, 1.165) is 34.4 Å². The van der Waals surface area contributed by atoms with Gasteiger partial charge in [-0.25, -0.2) is 0 Å². The second-order valence-electron chi connectivity index (χ2n) is 6.83. The summed E-state index contributed by atoms with van der Waals surface area (Å²) in [5.74, 6) is 1.73. The molecule has 3 aromatic rings. The highest BCUT2D eigenvalue weighted by Gasteiger charge is 2.39. The molecular formula is C18H19N5. The Labute approximate surface area is 134 Å². The average molecular weight is 305 g/mol. The minimum atomic E-state index is 0.570. The summed E-state index contributed by atoms with van der Waals surface area (Å²) in [6.07, 6.45) is 7.12. The van der Waals surface area contributed by atoms with Gasteiger partial charge in [0.2, 0.25) is 5.65 Å². The number of nitrogens with zero attached hydrogens (tertiary/aromatic N) is 4. The normalized spacial score (nSPS) is 26.0. The molecule has 0 spiro atoms. The van der Waals surface area contributed by atoms with Gasteiger partial charge in [-0.15, -0.1) is 10.2 Å². The SMILES string of the molecule is c1ccc(-c2cc(N[C@@H]3C[C@@H]4CC[C@H]3C4)c3nncn3n2)cc1. The number of hydrogen-bond acceptors (Lipinski definition) is 4. The zero-order valence-electron chi connectivity index (χ0n) is 12.9. The largest absolute Gasteiger partial charge is 0.379 e. The van der Waals surface area contributed by atoms with Gasteiger partial charge in [-0.3, -0.25) is 0 Å². The minimum Gasteiger partial charge on any atom is -0.379 e. The summed E-state index contributed by atoms with van der Waals surface area (Å²) in [6.45, 7) is 0. The van der Waals surface area contributed by atoms with Gasteiger partial charge in [-0.05, 0) is 37.2 Å². The summed E-state index contributed by atoms with van der Waals surface area (Å²) in [5.41, 5.74) is 3.92. The maximum absolute atomic E-state index is 4.64. The smallest absolute Gasteiger partial charge is 0.200 e. The predicted octanol–water partition coefficient (Wildman–Crippen LogP) is 3.39. The van der Waals surface area contributed by atoms with Crippen molar-refractivity contribution >= 4 is 11.3 Å².